The first-order valence-corrected chi connectivity index (χ1v) is 8.66. The number of allylic oxidation sites excluding steroid dienone is 1. The SMILES string of the molecule is COC(=O)C1=C(C)N(c2ccc(F)cc2)C(=O)CC1C(=O)Nc1ccccc1. The van der Waals surface area contributed by atoms with E-state index in [0.717, 1.165) is 0 Å². The van der Waals surface area contributed by atoms with E-state index >= 15 is 0 Å². The number of hydrogen-bond acceptors (Lipinski definition) is 4. The van der Waals surface area contributed by atoms with Gasteiger partial charge in [0.15, 0.2) is 0 Å². The molecule has 0 fully saturated rings. The summed E-state index contributed by atoms with van der Waals surface area (Å²) in [6.45, 7) is 1.56. The lowest BCUT2D eigenvalue weighted by Crippen LogP contribution is -2.43. The Hall–Kier alpha value is -3.48. The average Bonchev–Trinajstić information content (AvgIpc) is 2.69. The molecule has 28 heavy (non-hydrogen) atoms. The number of methoxy groups -OCH3 is 1. The summed E-state index contributed by atoms with van der Waals surface area (Å²) >= 11 is 0. The second-order valence-electron chi connectivity index (χ2n) is 6.31. The first-order chi connectivity index (χ1) is 13.4. The topological polar surface area (TPSA) is 75.7 Å². The molecule has 1 N–H and O–H groups in total. The van der Waals surface area contributed by atoms with Crippen molar-refractivity contribution in [2.75, 3.05) is 17.3 Å². The molecule has 2 aromatic carbocycles. The average molecular weight is 382 g/mol. The first kappa shape index (κ1) is 19.3. The Morgan fingerprint density at radius 2 is 1.75 bits per heavy atom. The third kappa shape index (κ3) is 3.78. The summed E-state index contributed by atoms with van der Waals surface area (Å²) in [6.07, 6.45) is -0.210. The number of hydrogen-bond donors (Lipinski definition) is 1. The zero-order valence-corrected chi connectivity index (χ0v) is 15.4. The number of rotatable bonds is 4. The van der Waals surface area contributed by atoms with Crippen molar-refractivity contribution in [2.24, 2.45) is 5.92 Å². The zero-order valence-electron chi connectivity index (χ0n) is 15.4. The molecule has 2 amide bonds. The molecule has 3 rings (SSSR count). The van der Waals surface area contributed by atoms with Gasteiger partial charge in [-0.25, -0.2) is 9.18 Å². The Balaban J connectivity index is 2.00. The van der Waals surface area contributed by atoms with Crippen molar-refractivity contribution in [3.63, 3.8) is 0 Å². The van der Waals surface area contributed by atoms with Gasteiger partial charge < -0.3 is 10.1 Å². The van der Waals surface area contributed by atoms with E-state index in [2.05, 4.69) is 5.32 Å². The summed E-state index contributed by atoms with van der Waals surface area (Å²) in [5.74, 6) is -2.96. The quantitative estimate of drug-likeness (QED) is 0.824. The van der Waals surface area contributed by atoms with E-state index in [1.165, 1.54) is 36.3 Å². The van der Waals surface area contributed by atoms with E-state index in [0.29, 0.717) is 11.4 Å². The minimum Gasteiger partial charge on any atom is -0.466 e. The third-order valence-corrected chi connectivity index (χ3v) is 4.55. The van der Waals surface area contributed by atoms with E-state index in [1.54, 1.807) is 31.2 Å². The van der Waals surface area contributed by atoms with Crippen molar-refractivity contribution < 1.29 is 23.5 Å². The fraction of sp³-hybridized carbons (Fsp3) is 0.190. The molecule has 1 unspecified atom stereocenters. The minimum absolute atomic E-state index is 0.0971. The lowest BCUT2D eigenvalue weighted by Gasteiger charge is -2.33. The zero-order chi connectivity index (χ0) is 20.3. The smallest absolute Gasteiger partial charge is 0.336 e. The molecule has 0 bridgehead atoms. The summed E-state index contributed by atoms with van der Waals surface area (Å²) in [5.41, 5.74) is 1.35. The monoisotopic (exact) mass is 382 g/mol. The molecule has 1 heterocycles. The molecule has 0 saturated carbocycles. The number of halogens is 1. The summed E-state index contributed by atoms with van der Waals surface area (Å²) < 4.78 is 18.1. The van der Waals surface area contributed by atoms with Crippen LogP contribution in [0.5, 0.6) is 0 Å². The highest BCUT2D eigenvalue weighted by molar-refractivity contribution is 6.10. The number of para-hydroxylation sites is 1. The maximum atomic E-state index is 13.2. The van der Waals surface area contributed by atoms with E-state index < -0.39 is 23.6 Å². The van der Waals surface area contributed by atoms with Crippen LogP contribution in [0.3, 0.4) is 0 Å². The van der Waals surface area contributed by atoms with E-state index in [4.69, 9.17) is 4.74 Å². The highest BCUT2D eigenvalue weighted by Gasteiger charge is 2.40. The summed E-state index contributed by atoms with van der Waals surface area (Å²) in [6, 6.07) is 14.1. The fourth-order valence-electron chi connectivity index (χ4n) is 3.23. The molecule has 7 heteroatoms. The molecule has 0 spiro atoms. The minimum atomic E-state index is -0.989. The summed E-state index contributed by atoms with van der Waals surface area (Å²) in [5, 5.41) is 2.72. The number of nitrogens with one attached hydrogen (secondary N) is 1. The van der Waals surface area contributed by atoms with Gasteiger partial charge in [-0.15, -0.1) is 0 Å². The molecule has 144 valence electrons. The molecule has 0 aliphatic carbocycles. The van der Waals surface area contributed by atoms with Crippen LogP contribution in [0.1, 0.15) is 13.3 Å². The maximum Gasteiger partial charge on any atom is 0.336 e. The Morgan fingerprint density at radius 3 is 2.36 bits per heavy atom. The number of anilines is 2. The van der Waals surface area contributed by atoms with Crippen molar-refractivity contribution in [1.82, 2.24) is 0 Å². The number of carbonyl (C=O) groups excluding carboxylic acids is 3. The number of amides is 2. The van der Waals surface area contributed by atoms with Gasteiger partial charge in [0, 0.05) is 23.5 Å². The van der Waals surface area contributed by atoms with Crippen LogP contribution in [0.15, 0.2) is 65.9 Å². The number of benzene rings is 2. The molecule has 6 nitrogen and oxygen atoms in total. The number of nitrogens with zero attached hydrogens (tertiary/aromatic N) is 1. The number of carbonyl (C=O) groups is 3. The molecular weight excluding hydrogens is 363 g/mol. The van der Waals surface area contributed by atoms with Crippen molar-refractivity contribution in [3.05, 3.63) is 71.7 Å². The van der Waals surface area contributed by atoms with Gasteiger partial charge in [0.1, 0.15) is 5.82 Å². The molecule has 1 aliphatic heterocycles. The Labute approximate surface area is 161 Å². The normalized spacial score (nSPS) is 16.8. The van der Waals surface area contributed by atoms with Crippen LogP contribution < -0.4 is 10.2 Å². The van der Waals surface area contributed by atoms with Gasteiger partial charge in [0.25, 0.3) is 0 Å². The Kier molecular flexibility index (Phi) is 5.54. The second kappa shape index (κ2) is 8.04. The molecule has 0 aromatic heterocycles. The van der Waals surface area contributed by atoms with Crippen molar-refractivity contribution in [2.45, 2.75) is 13.3 Å². The third-order valence-electron chi connectivity index (χ3n) is 4.55. The predicted molar refractivity (Wildman–Crippen MR) is 102 cm³/mol. The lowest BCUT2D eigenvalue weighted by molar-refractivity contribution is -0.138. The lowest BCUT2D eigenvalue weighted by atomic mass is 9.88. The van der Waals surface area contributed by atoms with Crippen molar-refractivity contribution in [3.8, 4) is 0 Å². The maximum absolute atomic E-state index is 13.2. The van der Waals surface area contributed by atoms with Crippen molar-refractivity contribution in [1.29, 1.82) is 0 Å². The van der Waals surface area contributed by atoms with Gasteiger partial charge in [0.2, 0.25) is 11.8 Å². The molecular formula is C21H19FN2O4. The van der Waals surface area contributed by atoms with Gasteiger partial charge in [-0.05, 0) is 43.3 Å². The van der Waals surface area contributed by atoms with Gasteiger partial charge >= 0.3 is 5.97 Å². The highest BCUT2D eigenvalue weighted by Crippen LogP contribution is 2.34. The van der Waals surface area contributed by atoms with Gasteiger partial charge in [-0.1, -0.05) is 18.2 Å². The van der Waals surface area contributed by atoms with Crippen LogP contribution >= 0.6 is 0 Å². The molecule has 0 radical (unpaired) electrons. The standard InChI is InChI=1S/C21H19FN2O4/c1-13-19(21(27)28-2)17(20(26)23-15-6-4-3-5-7-15)12-18(25)24(13)16-10-8-14(22)9-11-16/h3-11,17H,12H2,1-2H3,(H,23,26). The van der Waals surface area contributed by atoms with Crippen LogP contribution in [0.25, 0.3) is 0 Å². The van der Waals surface area contributed by atoms with E-state index in [1.807, 2.05) is 6.07 Å². The van der Waals surface area contributed by atoms with Crippen LogP contribution in [0.4, 0.5) is 15.8 Å². The molecule has 1 atom stereocenters. The number of esters is 1. The Morgan fingerprint density at radius 1 is 1.11 bits per heavy atom. The predicted octanol–water partition coefficient (Wildman–Crippen LogP) is 3.26. The second-order valence-corrected chi connectivity index (χ2v) is 6.31. The number of ether oxygens (including phenoxy) is 1. The highest BCUT2D eigenvalue weighted by atomic mass is 19.1. The largest absolute Gasteiger partial charge is 0.466 e. The molecule has 1 aliphatic rings. The van der Waals surface area contributed by atoms with Crippen LogP contribution in [0, 0.1) is 11.7 Å². The summed E-state index contributed by atoms with van der Waals surface area (Å²) in [4.78, 5) is 39.3. The van der Waals surface area contributed by atoms with E-state index in [9.17, 15) is 18.8 Å². The van der Waals surface area contributed by atoms with Crippen LogP contribution in [-0.4, -0.2) is 24.9 Å². The van der Waals surface area contributed by atoms with Crippen LogP contribution in [-0.2, 0) is 19.1 Å². The Bertz CT molecular complexity index is 939. The van der Waals surface area contributed by atoms with Gasteiger partial charge in [0.05, 0.1) is 18.6 Å². The molecule has 0 saturated heterocycles. The molecule has 2 aromatic rings. The van der Waals surface area contributed by atoms with Gasteiger partial charge in [-0.2, -0.15) is 0 Å². The van der Waals surface area contributed by atoms with Crippen molar-refractivity contribution >= 4 is 29.2 Å². The van der Waals surface area contributed by atoms with E-state index in [-0.39, 0.29) is 23.6 Å². The fourth-order valence-corrected chi connectivity index (χ4v) is 3.23. The van der Waals surface area contributed by atoms with Crippen LogP contribution in [0.2, 0.25) is 0 Å². The summed E-state index contributed by atoms with van der Waals surface area (Å²) in [7, 11) is 1.22. The first-order valence-electron chi connectivity index (χ1n) is 8.66. The van der Waals surface area contributed by atoms with Gasteiger partial charge in [-0.3, -0.25) is 14.5 Å².